The molecule has 0 spiro atoms. The number of aliphatic carboxylic acids is 1. The lowest BCUT2D eigenvalue weighted by atomic mass is 9.80. The number of carboxylic acid groups (broad SMARTS) is 1. The van der Waals surface area contributed by atoms with Crippen molar-refractivity contribution in [1.82, 2.24) is 4.98 Å². The molecule has 0 bridgehead atoms. The van der Waals surface area contributed by atoms with Gasteiger partial charge in [0.15, 0.2) is 0 Å². The van der Waals surface area contributed by atoms with Gasteiger partial charge in [0.2, 0.25) is 0 Å². The maximum atomic E-state index is 12.3. The largest absolute Gasteiger partial charge is 0.481 e. The van der Waals surface area contributed by atoms with Crippen LogP contribution in [0.5, 0.6) is 0 Å². The van der Waals surface area contributed by atoms with Crippen LogP contribution in [0.15, 0.2) is 23.6 Å². The summed E-state index contributed by atoms with van der Waals surface area (Å²) < 4.78 is 0. The fraction of sp³-hybridized carbons (Fsp3) is 0.476. The molecule has 1 heterocycles. The first-order valence-electron chi connectivity index (χ1n) is 9.23. The minimum atomic E-state index is -1.05. The summed E-state index contributed by atoms with van der Waals surface area (Å²) in [5.74, 6) is -0.344. The zero-order chi connectivity index (χ0) is 19.6. The summed E-state index contributed by atoms with van der Waals surface area (Å²) in [6, 6.07) is 5.91. The molecule has 0 atom stereocenters. The highest BCUT2D eigenvalue weighted by molar-refractivity contribution is 7.13. The average Bonchev–Trinajstić information content (AvgIpc) is 2.98. The van der Waals surface area contributed by atoms with Crippen molar-refractivity contribution in [1.29, 1.82) is 0 Å². The number of carbonyl (C=O) groups is 2. The monoisotopic (exact) mass is 405 g/mol. The Morgan fingerprint density at radius 2 is 2.07 bits per heavy atom. The summed E-state index contributed by atoms with van der Waals surface area (Å²) in [6.07, 6.45) is 5.01. The van der Waals surface area contributed by atoms with E-state index in [-0.39, 0.29) is 18.6 Å². The van der Waals surface area contributed by atoms with Gasteiger partial charge < -0.3 is 5.11 Å². The van der Waals surface area contributed by atoms with E-state index in [2.05, 4.69) is 4.98 Å². The molecular formula is C21H24ClNO3S. The normalized spacial score (nSPS) is 14.8. The molecule has 1 aliphatic carbocycles. The molecule has 6 heteroatoms. The molecule has 1 aliphatic rings. The number of benzene rings is 1. The number of carboxylic acids is 1. The summed E-state index contributed by atoms with van der Waals surface area (Å²) in [5.41, 5.74) is 1.94. The minimum Gasteiger partial charge on any atom is -0.481 e. The Hall–Kier alpha value is -1.72. The molecule has 0 amide bonds. The Kier molecular flexibility index (Phi) is 6.02. The standard InChI is InChI=1S/C21H24ClNO3S/c1-21(2,20(25)26)11-17(24)10-16-12-27-19(23-16)18-7-6-15(22)9-14(18)8-13-4-3-5-13/h6-7,9,12-13H,3-5,8,10-11H2,1-2H3,(H,25,26). The fourth-order valence-electron chi connectivity index (χ4n) is 3.29. The van der Waals surface area contributed by atoms with Gasteiger partial charge in [0.05, 0.1) is 11.1 Å². The zero-order valence-electron chi connectivity index (χ0n) is 15.6. The lowest BCUT2D eigenvalue weighted by Gasteiger charge is -2.26. The third-order valence-corrected chi connectivity index (χ3v) is 6.34. The minimum absolute atomic E-state index is 0.00304. The molecule has 0 saturated heterocycles. The van der Waals surface area contributed by atoms with Gasteiger partial charge in [-0.15, -0.1) is 11.3 Å². The van der Waals surface area contributed by atoms with Crippen LogP contribution in [0.2, 0.25) is 5.02 Å². The predicted octanol–water partition coefficient (Wildman–Crippen LogP) is 5.42. The third kappa shape index (κ3) is 4.96. The summed E-state index contributed by atoms with van der Waals surface area (Å²) in [7, 11) is 0. The second-order valence-electron chi connectivity index (χ2n) is 8.03. The van der Waals surface area contributed by atoms with Crippen LogP contribution >= 0.6 is 22.9 Å². The molecule has 1 N–H and O–H groups in total. The van der Waals surface area contributed by atoms with Gasteiger partial charge in [-0.05, 0) is 43.9 Å². The van der Waals surface area contributed by atoms with Crippen molar-refractivity contribution in [3.05, 3.63) is 39.9 Å². The third-order valence-electron chi connectivity index (χ3n) is 5.18. The van der Waals surface area contributed by atoms with Crippen LogP contribution in [-0.2, 0) is 22.4 Å². The number of thiazole rings is 1. The Morgan fingerprint density at radius 3 is 2.70 bits per heavy atom. The van der Waals surface area contributed by atoms with Crippen molar-refractivity contribution in [3.63, 3.8) is 0 Å². The van der Waals surface area contributed by atoms with Gasteiger partial charge in [0.1, 0.15) is 10.8 Å². The second kappa shape index (κ2) is 8.11. The van der Waals surface area contributed by atoms with Crippen molar-refractivity contribution >= 4 is 34.7 Å². The van der Waals surface area contributed by atoms with E-state index in [1.165, 1.54) is 36.2 Å². The van der Waals surface area contributed by atoms with Crippen molar-refractivity contribution in [2.45, 2.75) is 52.4 Å². The van der Waals surface area contributed by atoms with E-state index in [4.69, 9.17) is 11.6 Å². The van der Waals surface area contributed by atoms with Gasteiger partial charge in [-0.1, -0.05) is 36.9 Å². The highest BCUT2D eigenvalue weighted by Crippen LogP contribution is 2.36. The van der Waals surface area contributed by atoms with Crippen LogP contribution in [0.4, 0.5) is 0 Å². The quantitative estimate of drug-likeness (QED) is 0.636. The second-order valence-corrected chi connectivity index (χ2v) is 9.32. The molecule has 0 aliphatic heterocycles. The summed E-state index contributed by atoms with van der Waals surface area (Å²) in [6.45, 7) is 3.14. The van der Waals surface area contributed by atoms with Crippen molar-refractivity contribution in [2.24, 2.45) is 11.3 Å². The van der Waals surface area contributed by atoms with Crippen LogP contribution < -0.4 is 0 Å². The van der Waals surface area contributed by atoms with Crippen LogP contribution in [0.3, 0.4) is 0 Å². The molecule has 2 aromatic rings. The van der Waals surface area contributed by atoms with Crippen LogP contribution in [0, 0.1) is 11.3 Å². The van der Waals surface area contributed by atoms with Crippen molar-refractivity contribution < 1.29 is 14.7 Å². The number of hydrogen-bond donors (Lipinski definition) is 1. The maximum Gasteiger partial charge on any atom is 0.309 e. The van der Waals surface area contributed by atoms with E-state index < -0.39 is 11.4 Å². The topological polar surface area (TPSA) is 67.3 Å². The lowest BCUT2D eigenvalue weighted by Crippen LogP contribution is -2.27. The first-order chi connectivity index (χ1) is 12.7. The van der Waals surface area contributed by atoms with Gasteiger partial charge in [-0.25, -0.2) is 4.98 Å². The van der Waals surface area contributed by atoms with Gasteiger partial charge >= 0.3 is 5.97 Å². The highest BCUT2D eigenvalue weighted by Gasteiger charge is 2.30. The Labute approximate surface area is 168 Å². The molecule has 27 heavy (non-hydrogen) atoms. The highest BCUT2D eigenvalue weighted by atomic mass is 35.5. The number of rotatable bonds is 8. The zero-order valence-corrected chi connectivity index (χ0v) is 17.2. The van der Waals surface area contributed by atoms with Gasteiger partial charge in [-0.3, -0.25) is 9.59 Å². The van der Waals surface area contributed by atoms with Crippen LogP contribution in [0.1, 0.15) is 50.8 Å². The van der Waals surface area contributed by atoms with Gasteiger partial charge in [-0.2, -0.15) is 0 Å². The van der Waals surface area contributed by atoms with E-state index in [9.17, 15) is 14.7 Å². The average molecular weight is 406 g/mol. The number of nitrogens with zero attached hydrogens (tertiary/aromatic N) is 1. The molecule has 3 rings (SSSR count). The van der Waals surface area contributed by atoms with Crippen LogP contribution in [0.25, 0.3) is 10.6 Å². The number of ketones is 1. The number of halogens is 1. The predicted molar refractivity (Wildman–Crippen MR) is 108 cm³/mol. The first-order valence-corrected chi connectivity index (χ1v) is 10.5. The summed E-state index contributed by atoms with van der Waals surface area (Å²) >= 11 is 7.72. The van der Waals surface area contributed by atoms with E-state index in [0.29, 0.717) is 5.69 Å². The van der Waals surface area contributed by atoms with Gasteiger partial charge in [0, 0.05) is 28.8 Å². The number of Topliss-reactive ketones (excluding diaryl/α,β-unsaturated/α-hetero) is 1. The van der Waals surface area contributed by atoms with E-state index in [0.717, 1.165) is 27.9 Å². The van der Waals surface area contributed by atoms with E-state index in [1.807, 2.05) is 23.6 Å². The van der Waals surface area contributed by atoms with Crippen molar-refractivity contribution in [3.8, 4) is 10.6 Å². The number of hydrogen-bond acceptors (Lipinski definition) is 4. The smallest absolute Gasteiger partial charge is 0.309 e. The van der Waals surface area contributed by atoms with Crippen LogP contribution in [-0.4, -0.2) is 21.8 Å². The fourth-order valence-corrected chi connectivity index (χ4v) is 4.37. The maximum absolute atomic E-state index is 12.3. The van der Waals surface area contributed by atoms with Crippen molar-refractivity contribution in [2.75, 3.05) is 0 Å². The molecule has 0 radical (unpaired) electrons. The Balaban J connectivity index is 1.74. The Bertz CT molecular complexity index is 855. The molecule has 144 valence electrons. The number of aromatic nitrogens is 1. The first kappa shape index (κ1) is 20.0. The van der Waals surface area contributed by atoms with E-state index in [1.54, 1.807) is 13.8 Å². The molecule has 0 unspecified atom stereocenters. The summed E-state index contributed by atoms with van der Waals surface area (Å²) in [5, 5.41) is 12.7. The molecule has 1 aromatic carbocycles. The number of carbonyl (C=O) groups excluding carboxylic acids is 1. The molecule has 4 nitrogen and oxygen atoms in total. The lowest BCUT2D eigenvalue weighted by molar-refractivity contribution is -0.149. The summed E-state index contributed by atoms with van der Waals surface area (Å²) in [4.78, 5) is 28.1. The van der Waals surface area contributed by atoms with E-state index >= 15 is 0 Å². The van der Waals surface area contributed by atoms with Gasteiger partial charge in [0.25, 0.3) is 0 Å². The molecular weight excluding hydrogens is 382 g/mol. The Morgan fingerprint density at radius 1 is 1.33 bits per heavy atom. The molecule has 1 fully saturated rings. The molecule has 1 saturated carbocycles. The SMILES string of the molecule is CC(C)(CC(=O)Cc1csc(-c2ccc(Cl)cc2CC2CCC2)n1)C(=O)O. The molecule has 1 aromatic heterocycles.